The van der Waals surface area contributed by atoms with E-state index in [2.05, 4.69) is 68.8 Å². The minimum Gasteiger partial charge on any atom is -0.231 e. The van der Waals surface area contributed by atoms with Crippen LogP contribution in [-0.2, 0) is 0 Å². The first-order valence-electron chi connectivity index (χ1n) is 11.9. The molecule has 36 heavy (non-hydrogen) atoms. The second-order valence-electron chi connectivity index (χ2n) is 9.07. The molecule has 180 valence electrons. The van der Waals surface area contributed by atoms with Crippen LogP contribution in [0.3, 0.4) is 0 Å². The number of benzene rings is 3. The van der Waals surface area contributed by atoms with E-state index in [0.717, 1.165) is 61.4 Å². The summed E-state index contributed by atoms with van der Waals surface area (Å²) >= 11 is 17.5. The molecule has 1 aliphatic carbocycles. The minimum absolute atomic E-state index is 0.0788. The first-order valence-corrected chi connectivity index (χ1v) is 14.3. The van der Waals surface area contributed by atoms with Crippen LogP contribution in [0.5, 0.6) is 0 Å². The normalized spacial score (nSPS) is 20.5. The van der Waals surface area contributed by atoms with E-state index in [1.165, 1.54) is 11.1 Å². The van der Waals surface area contributed by atoms with E-state index >= 15 is 0 Å². The molecule has 0 N–H and O–H groups in total. The van der Waals surface area contributed by atoms with Crippen molar-refractivity contribution in [2.45, 2.75) is 25.3 Å². The molecule has 0 bridgehead atoms. The van der Waals surface area contributed by atoms with Crippen molar-refractivity contribution in [2.75, 3.05) is 5.01 Å². The molecule has 2 aliphatic rings. The van der Waals surface area contributed by atoms with Crippen molar-refractivity contribution in [2.24, 2.45) is 11.0 Å². The molecule has 2 atom stereocenters. The Hall–Kier alpha value is -2.44. The lowest BCUT2D eigenvalue weighted by Gasteiger charge is -2.29. The number of rotatable bonds is 4. The molecule has 1 aromatic heterocycles. The molecule has 1 fully saturated rings. The first-order chi connectivity index (χ1) is 17.5. The number of fused-ring (bicyclic) bond motifs is 1. The molecule has 1 aliphatic heterocycles. The van der Waals surface area contributed by atoms with Gasteiger partial charge in [0.05, 0.1) is 17.4 Å². The first kappa shape index (κ1) is 23.9. The van der Waals surface area contributed by atoms with Crippen molar-refractivity contribution in [1.82, 2.24) is 4.98 Å². The van der Waals surface area contributed by atoms with Crippen molar-refractivity contribution >= 4 is 67.4 Å². The monoisotopic (exact) mass is 593 g/mol. The maximum absolute atomic E-state index is 6.24. The van der Waals surface area contributed by atoms with E-state index in [0.29, 0.717) is 5.92 Å². The van der Waals surface area contributed by atoms with Gasteiger partial charge in [-0.2, -0.15) is 5.10 Å². The zero-order chi connectivity index (χ0) is 24.6. The zero-order valence-electron chi connectivity index (χ0n) is 19.2. The van der Waals surface area contributed by atoms with Crippen molar-refractivity contribution in [3.63, 3.8) is 0 Å². The third-order valence-corrected chi connectivity index (χ3v) is 8.61. The van der Waals surface area contributed by atoms with E-state index in [1.807, 2.05) is 36.4 Å². The number of allylic oxidation sites excluding steroid dienone is 1. The molecule has 3 nitrogen and oxygen atoms in total. The Morgan fingerprint density at radius 2 is 1.61 bits per heavy atom. The largest absolute Gasteiger partial charge is 0.231 e. The van der Waals surface area contributed by atoms with Gasteiger partial charge in [0.2, 0.25) is 5.13 Å². The van der Waals surface area contributed by atoms with Gasteiger partial charge >= 0.3 is 0 Å². The van der Waals surface area contributed by atoms with Crippen LogP contribution in [0.4, 0.5) is 5.13 Å². The third-order valence-electron chi connectivity index (χ3n) is 6.75. The van der Waals surface area contributed by atoms with Crippen molar-refractivity contribution < 1.29 is 0 Å². The van der Waals surface area contributed by atoms with Crippen molar-refractivity contribution in [1.29, 1.82) is 0 Å². The number of anilines is 1. The SMILES string of the molecule is Clc1ccc(/C=C2\CCC[C@H]3C2=NN(c2nc(-c4ccc(Br)cc4)cs2)[C@H]3c2ccc(Cl)cc2)cc1. The predicted octanol–water partition coefficient (Wildman–Crippen LogP) is 9.68. The summed E-state index contributed by atoms with van der Waals surface area (Å²) in [5, 5.41) is 11.9. The van der Waals surface area contributed by atoms with E-state index in [9.17, 15) is 0 Å². The van der Waals surface area contributed by atoms with Gasteiger partial charge in [0.25, 0.3) is 0 Å². The van der Waals surface area contributed by atoms with Crippen LogP contribution in [0.15, 0.2) is 93.3 Å². The van der Waals surface area contributed by atoms with Crippen LogP contribution >= 0.6 is 50.5 Å². The van der Waals surface area contributed by atoms with E-state index in [1.54, 1.807) is 11.3 Å². The van der Waals surface area contributed by atoms with Crippen LogP contribution < -0.4 is 5.01 Å². The van der Waals surface area contributed by atoms with Gasteiger partial charge in [0.15, 0.2) is 0 Å². The molecular weight excluding hydrogens is 573 g/mol. The maximum atomic E-state index is 6.24. The fraction of sp³-hybridized carbons (Fsp3) is 0.172. The Kier molecular flexibility index (Phi) is 6.74. The van der Waals surface area contributed by atoms with Gasteiger partial charge in [-0.3, -0.25) is 0 Å². The third kappa shape index (κ3) is 4.78. The van der Waals surface area contributed by atoms with Crippen LogP contribution in [0, 0.1) is 5.92 Å². The highest BCUT2D eigenvalue weighted by Gasteiger charge is 2.42. The molecule has 4 aromatic rings. The smallest absolute Gasteiger partial charge is 0.207 e. The number of hydrogen-bond donors (Lipinski definition) is 0. The van der Waals surface area contributed by atoms with E-state index < -0.39 is 0 Å². The number of thiazole rings is 1. The number of nitrogens with zero attached hydrogens (tertiary/aromatic N) is 3. The molecule has 0 unspecified atom stereocenters. The Morgan fingerprint density at radius 1 is 0.917 bits per heavy atom. The molecule has 0 radical (unpaired) electrons. The van der Waals surface area contributed by atoms with Crippen LogP contribution in [0.1, 0.15) is 36.4 Å². The summed E-state index contributed by atoms with van der Waals surface area (Å²) in [5.74, 6) is 0.290. The van der Waals surface area contributed by atoms with Gasteiger partial charge < -0.3 is 0 Å². The fourth-order valence-electron chi connectivity index (χ4n) is 5.03. The number of hydrazone groups is 1. The average Bonchev–Trinajstić information content (AvgIpc) is 3.52. The summed E-state index contributed by atoms with van der Waals surface area (Å²) in [7, 11) is 0. The standard InChI is InChI=1S/C29H22BrCl2N3S/c30-22-10-6-19(7-11-22)26-17-36-29(33-26)35-28(20-8-14-24(32)15-9-20)25-3-1-2-21(27(25)34-35)16-18-4-12-23(31)13-5-18/h4-17,25,28H,1-3H2/b21-16+/t25-,28-/m0/s1. The second-order valence-corrected chi connectivity index (χ2v) is 11.7. The van der Waals surface area contributed by atoms with Crippen molar-refractivity contribution in [3.05, 3.63) is 109 Å². The van der Waals surface area contributed by atoms with Crippen LogP contribution in [-0.4, -0.2) is 10.7 Å². The minimum atomic E-state index is 0.0788. The summed E-state index contributed by atoms with van der Waals surface area (Å²) in [4.78, 5) is 5.02. The Bertz CT molecular complexity index is 1440. The summed E-state index contributed by atoms with van der Waals surface area (Å²) in [6, 6.07) is 24.5. The summed E-state index contributed by atoms with van der Waals surface area (Å²) < 4.78 is 1.06. The molecule has 1 saturated carbocycles. The van der Waals surface area contributed by atoms with Gasteiger partial charge in [0, 0.05) is 31.4 Å². The molecule has 2 heterocycles. The van der Waals surface area contributed by atoms with Gasteiger partial charge in [-0.25, -0.2) is 9.99 Å². The molecule has 0 spiro atoms. The number of halogens is 3. The van der Waals surface area contributed by atoms with Gasteiger partial charge in [-0.15, -0.1) is 11.3 Å². The Labute approximate surface area is 233 Å². The summed E-state index contributed by atoms with van der Waals surface area (Å²) in [5.41, 5.74) is 6.86. The Morgan fingerprint density at radius 3 is 2.33 bits per heavy atom. The molecule has 3 aromatic carbocycles. The quantitative estimate of drug-likeness (QED) is 0.235. The maximum Gasteiger partial charge on any atom is 0.207 e. The second kappa shape index (κ2) is 10.1. The molecule has 0 saturated heterocycles. The lowest BCUT2D eigenvalue weighted by molar-refractivity contribution is 0.487. The number of hydrogen-bond acceptors (Lipinski definition) is 4. The fourth-order valence-corrected chi connectivity index (χ4v) is 6.37. The van der Waals surface area contributed by atoms with E-state index in [-0.39, 0.29) is 6.04 Å². The lowest BCUT2D eigenvalue weighted by Crippen LogP contribution is -2.28. The van der Waals surface area contributed by atoms with Crippen LogP contribution in [0.25, 0.3) is 17.3 Å². The average molecular weight is 595 g/mol. The molecule has 0 amide bonds. The van der Waals surface area contributed by atoms with E-state index in [4.69, 9.17) is 33.3 Å². The highest BCUT2D eigenvalue weighted by molar-refractivity contribution is 9.10. The van der Waals surface area contributed by atoms with Crippen molar-refractivity contribution in [3.8, 4) is 11.3 Å². The molecule has 6 rings (SSSR count). The number of aromatic nitrogens is 1. The zero-order valence-corrected chi connectivity index (χ0v) is 23.2. The predicted molar refractivity (Wildman–Crippen MR) is 156 cm³/mol. The van der Waals surface area contributed by atoms with Gasteiger partial charge in [-0.1, -0.05) is 75.5 Å². The highest BCUT2D eigenvalue weighted by Crippen LogP contribution is 2.47. The summed E-state index contributed by atoms with van der Waals surface area (Å²) in [6.45, 7) is 0. The Balaban J connectivity index is 1.41. The topological polar surface area (TPSA) is 28.5 Å². The molecule has 7 heteroatoms. The van der Waals surface area contributed by atoms with Gasteiger partial charge in [0.1, 0.15) is 0 Å². The highest BCUT2D eigenvalue weighted by atomic mass is 79.9. The van der Waals surface area contributed by atoms with Gasteiger partial charge in [-0.05, 0) is 78.4 Å². The molecular formula is C29H22BrCl2N3S. The van der Waals surface area contributed by atoms with Crippen LogP contribution in [0.2, 0.25) is 10.0 Å². The lowest BCUT2D eigenvalue weighted by atomic mass is 9.77. The summed E-state index contributed by atoms with van der Waals surface area (Å²) in [6.07, 6.45) is 5.49.